The van der Waals surface area contributed by atoms with E-state index in [1.54, 1.807) is 0 Å². The Labute approximate surface area is 179 Å². The Bertz CT molecular complexity index is 735. The lowest BCUT2D eigenvalue weighted by atomic mass is 9.82. The lowest BCUT2D eigenvalue weighted by Crippen LogP contribution is -2.31. The number of fused-ring (bicyclic) bond motifs is 1. The monoisotopic (exact) mass is 474 g/mol. The van der Waals surface area contributed by atoms with Crippen molar-refractivity contribution >= 4 is 11.9 Å². The van der Waals surface area contributed by atoms with Crippen LogP contribution in [-0.4, -0.2) is 59.2 Å². The summed E-state index contributed by atoms with van der Waals surface area (Å²) in [6.07, 6.45) is -2.29. The first-order valence-corrected chi connectivity index (χ1v) is 9.46. The van der Waals surface area contributed by atoms with Crippen LogP contribution >= 0.6 is 0 Å². The molecule has 2 aliphatic rings. The number of pyridine rings is 1. The van der Waals surface area contributed by atoms with E-state index in [-0.39, 0.29) is 0 Å². The van der Waals surface area contributed by atoms with Crippen LogP contribution in [-0.2, 0) is 20.9 Å². The maximum absolute atomic E-state index is 10.6. The third-order valence-corrected chi connectivity index (χ3v) is 5.04. The second kappa shape index (κ2) is 11.5. The number of aliphatic carboxylic acids is 2. The van der Waals surface area contributed by atoms with Crippen LogP contribution in [0.3, 0.4) is 0 Å². The number of halogens is 6. The SMILES string of the molecule is Cc1cncc(COC[C@@]23CCC[C@@H]2CNC3)c1.O=C(O)C(F)(F)F.O=C(O)C(F)(F)F. The molecule has 0 unspecified atom stereocenters. The summed E-state index contributed by atoms with van der Waals surface area (Å²) in [5.41, 5.74) is 2.82. The molecule has 2 atom stereocenters. The molecule has 3 rings (SSSR count). The number of alkyl halides is 6. The maximum Gasteiger partial charge on any atom is 0.490 e. The van der Waals surface area contributed by atoms with Crippen molar-refractivity contribution in [3.63, 3.8) is 0 Å². The Morgan fingerprint density at radius 2 is 1.72 bits per heavy atom. The predicted molar refractivity (Wildman–Crippen MR) is 98.7 cm³/mol. The Morgan fingerprint density at radius 1 is 1.16 bits per heavy atom. The zero-order valence-electron chi connectivity index (χ0n) is 17.1. The number of aryl methyl sites for hydroxylation is 1. The van der Waals surface area contributed by atoms with E-state index >= 15 is 0 Å². The van der Waals surface area contributed by atoms with Crippen LogP contribution in [0.2, 0.25) is 0 Å². The van der Waals surface area contributed by atoms with Gasteiger partial charge in [-0.3, -0.25) is 4.98 Å². The molecule has 182 valence electrons. The van der Waals surface area contributed by atoms with Crippen molar-refractivity contribution in [1.29, 1.82) is 0 Å². The number of hydrogen-bond donors (Lipinski definition) is 3. The Morgan fingerprint density at radius 3 is 2.22 bits per heavy atom. The molecule has 1 saturated carbocycles. The van der Waals surface area contributed by atoms with Gasteiger partial charge in [0.25, 0.3) is 0 Å². The molecule has 1 aromatic rings. The van der Waals surface area contributed by atoms with Crippen LogP contribution in [0, 0.1) is 18.3 Å². The molecule has 2 fully saturated rings. The summed E-state index contributed by atoms with van der Waals surface area (Å²) in [4.78, 5) is 22.0. The first kappa shape index (κ1) is 27.6. The molecule has 32 heavy (non-hydrogen) atoms. The van der Waals surface area contributed by atoms with Gasteiger partial charge in [-0.2, -0.15) is 26.3 Å². The van der Waals surface area contributed by atoms with E-state index in [4.69, 9.17) is 24.5 Å². The van der Waals surface area contributed by atoms with Gasteiger partial charge in [0.2, 0.25) is 0 Å². The fraction of sp³-hybridized carbons (Fsp3) is 0.632. The molecule has 1 aliphatic carbocycles. The summed E-state index contributed by atoms with van der Waals surface area (Å²) in [5.74, 6) is -4.67. The molecular weight excluding hydrogens is 450 g/mol. The van der Waals surface area contributed by atoms with Crippen molar-refractivity contribution in [2.75, 3.05) is 19.7 Å². The fourth-order valence-electron chi connectivity index (χ4n) is 3.57. The van der Waals surface area contributed by atoms with E-state index in [0.29, 0.717) is 12.0 Å². The zero-order chi connectivity index (χ0) is 24.6. The Kier molecular flexibility index (Phi) is 9.89. The van der Waals surface area contributed by atoms with E-state index in [9.17, 15) is 26.3 Å². The van der Waals surface area contributed by atoms with Crippen LogP contribution in [0.25, 0.3) is 0 Å². The summed E-state index contributed by atoms with van der Waals surface area (Å²) in [6.45, 7) is 6.00. The number of carboxylic acids is 2. The van der Waals surface area contributed by atoms with Crippen LogP contribution in [0.1, 0.15) is 30.4 Å². The van der Waals surface area contributed by atoms with Crippen molar-refractivity contribution in [1.82, 2.24) is 10.3 Å². The Hall–Kier alpha value is -2.41. The molecular formula is C19H24F6N2O5. The average molecular weight is 474 g/mol. The molecule has 0 spiro atoms. The third kappa shape index (κ3) is 8.99. The van der Waals surface area contributed by atoms with Crippen molar-refractivity contribution in [3.05, 3.63) is 29.6 Å². The van der Waals surface area contributed by atoms with Crippen LogP contribution < -0.4 is 5.32 Å². The van der Waals surface area contributed by atoms with Crippen molar-refractivity contribution in [2.24, 2.45) is 11.3 Å². The second-order valence-electron chi connectivity index (χ2n) is 7.55. The number of nitrogens with zero attached hydrogens (tertiary/aromatic N) is 1. The normalized spacial score (nSPS) is 22.2. The Balaban J connectivity index is 0.000000305. The summed E-state index contributed by atoms with van der Waals surface area (Å²) < 4.78 is 69.5. The summed E-state index contributed by atoms with van der Waals surface area (Å²) in [5, 5.41) is 17.8. The molecule has 0 amide bonds. The molecule has 1 aliphatic heterocycles. The standard InChI is InChI=1S/C15H22N2O.2C2HF3O2/c1-12-5-13(7-16-6-12)9-18-11-15-4-2-3-14(15)8-17-10-15;2*3-2(4,5)1(6)7/h5-7,14,17H,2-4,8-11H2,1H3;2*(H,6,7)/t14-,15+;;/m1../s1. The summed E-state index contributed by atoms with van der Waals surface area (Å²) in [6, 6.07) is 2.16. The van der Waals surface area contributed by atoms with E-state index in [0.717, 1.165) is 19.1 Å². The van der Waals surface area contributed by atoms with Gasteiger partial charge in [0.05, 0.1) is 13.2 Å². The lowest BCUT2D eigenvalue weighted by molar-refractivity contribution is -0.193. The van der Waals surface area contributed by atoms with Gasteiger partial charge in [0, 0.05) is 24.4 Å². The van der Waals surface area contributed by atoms with Crippen molar-refractivity contribution in [2.45, 2.75) is 45.1 Å². The van der Waals surface area contributed by atoms with Crippen LogP contribution in [0.4, 0.5) is 26.3 Å². The number of aromatic nitrogens is 1. The number of nitrogens with one attached hydrogen (secondary N) is 1. The number of carboxylic acid groups (broad SMARTS) is 2. The zero-order valence-corrected chi connectivity index (χ0v) is 17.1. The van der Waals surface area contributed by atoms with Gasteiger partial charge in [0.1, 0.15) is 0 Å². The van der Waals surface area contributed by atoms with E-state index < -0.39 is 24.3 Å². The molecule has 1 aromatic heterocycles. The third-order valence-electron chi connectivity index (χ3n) is 5.04. The molecule has 3 N–H and O–H groups in total. The highest BCUT2D eigenvalue weighted by molar-refractivity contribution is 5.73. The predicted octanol–water partition coefficient (Wildman–Crippen LogP) is 3.56. The van der Waals surface area contributed by atoms with E-state index in [2.05, 4.69) is 23.3 Å². The van der Waals surface area contributed by atoms with Crippen LogP contribution in [0.15, 0.2) is 18.5 Å². The molecule has 1 saturated heterocycles. The molecule has 0 bridgehead atoms. The fourth-order valence-corrected chi connectivity index (χ4v) is 3.57. The quantitative estimate of drug-likeness (QED) is 0.573. The minimum absolute atomic E-state index is 0.428. The van der Waals surface area contributed by atoms with Gasteiger partial charge >= 0.3 is 24.3 Å². The number of carbonyl (C=O) groups is 2. The first-order valence-electron chi connectivity index (χ1n) is 9.46. The second-order valence-corrected chi connectivity index (χ2v) is 7.55. The minimum atomic E-state index is -5.08. The molecule has 0 radical (unpaired) electrons. The van der Waals surface area contributed by atoms with E-state index in [1.165, 1.54) is 36.9 Å². The topological polar surface area (TPSA) is 109 Å². The smallest absolute Gasteiger partial charge is 0.475 e. The highest BCUT2D eigenvalue weighted by Crippen LogP contribution is 2.45. The molecule has 2 heterocycles. The maximum atomic E-state index is 10.6. The van der Waals surface area contributed by atoms with Gasteiger partial charge in [0.15, 0.2) is 0 Å². The van der Waals surface area contributed by atoms with E-state index in [1.807, 2.05) is 12.4 Å². The number of hydrogen-bond acceptors (Lipinski definition) is 5. The minimum Gasteiger partial charge on any atom is -0.475 e. The summed E-state index contributed by atoms with van der Waals surface area (Å²) >= 11 is 0. The van der Waals surface area contributed by atoms with Crippen molar-refractivity contribution in [3.8, 4) is 0 Å². The molecule has 7 nitrogen and oxygen atoms in total. The van der Waals surface area contributed by atoms with Gasteiger partial charge < -0.3 is 20.3 Å². The summed E-state index contributed by atoms with van der Waals surface area (Å²) in [7, 11) is 0. The van der Waals surface area contributed by atoms with Gasteiger partial charge in [-0.1, -0.05) is 12.5 Å². The van der Waals surface area contributed by atoms with Gasteiger partial charge in [-0.15, -0.1) is 0 Å². The molecule has 13 heteroatoms. The number of rotatable bonds is 4. The van der Waals surface area contributed by atoms with Gasteiger partial charge in [-0.05, 0) is 43.4 Å². The number of ether oxygens (including phenoxy) is 1. The van der Waals surface area contributed by atoms with Crippen LogP contribution in [0.5, 0.6) is 0 Å². The lowest BCUT2D eigenvalue weighted by Gasteiger charge is -2.28. The average Bonchev–Trinajstić information content (AvgIpc) is 3.21. The first-order chi connectivity index (χ1) is 14.7. The molecule has 0 aromatic carbocycles. The highest BCUT2D eigenvalue weighted by atomic mass is 19.4. The van der Waals surface area contributed by atoms with Crippen molar-refractivity contribution < 1.29 is 50.9 Å². The largest absolute Gasteiger partial charge is 0.490 e. The highest BCUT2D eigenvalue weighted by Gasteiger charge is 2.46. The van der Waals surface area contributed by atoms with Gasteiger partial charge in [-0.25, -0.2) is 9.59 Å².